The predicted octanol–water partition coefficient (Wildman–Crippen LogP) is 3.57. The predicted molar refractivity (Wildman–Crippen MR) is 99.1 cm³/mol. The first-order chi connectivity index (χ1) is 12.0. The molecule has 0 unspecified atom stereocenters. The molecule has 0 saturated carbocycles. The summed E-state index contributed by atoms with van der Waals surface area (Å²) in [6.45, 7) is 3.79. The maximum Gasteiger partial charge on any atom is 0.240 e. The van der Waals surface area contributed by atoms with Gasteiger partial charge in [-0.15, -0.1) is 0 Å². The summed E-state index contributed by atoms with van der Waals surface area (Å²) in [4.78, 5) is 11.9. The number of aromatic hydroxyl groups is 1. The van der Waals surface area contributed by atoms with E-state index in [-0.39, 0.29) is 11.7 Å². The molecule has 0 heterocycles. The van der Waals surface area contributed by atoms with Gasteiger partial charge in [0, 0.05) is 12.0 Å². The molecule has 0 spiro atoms. The van der Waals surface area contributed by atoms with Gasteiger partial charge in [-0.05, 0) is 62.1 Å². The standard InChI is InChI=1S/C20H24N2O3/c1-14-13-17(25-3)12-11-16(14)7-6-10-20(24)22-21-15(2)18-8-4-5-9-19(18)23/h4-5,8-9,11-13,23H,6-7,10H2,1-3H3,(H,22,24)/b21-15+. The first-order valence-electron chi connectivity index (χ1n) is 8.26. The van der Waals surface area contributed by atoms with Crippen molar-refractivity contribution in [2.75, 3.05) is 7.11 Å². The molecule has 2 aromatic rings. The minimum atomic E-state index is -0.138. The second kappa shape index (κ2) is 8.87. The Morgan fingerprint density at radius 2 is 2.00 bits per heavy atom. The van der Waals surface area contributed by atoms with Crippen LogP contribution < -0.4 is 10.2 Å². The fourth-order valence-electron chi connectivity index (χ4n) is 2.56. The lowest BCUT2D eigenvalue weighted by molar-refractivity contribution is -0.121. The molecular weight excluding hydrogens is 316 g/mol. The molecule has 2 aromatic carbocycles. The Balaban J connectivity index is 1.83. The Bertz CT molecular complexity index is 769. The molecule has 2 rings (SSSR count). The largest absolute Gasteiger partial charge is 0.507 e. The number of amides is 1. The number of ether oxygens (including phenoxy) is 1. The molecule has 5 heteroatoms. The van der Waals surface area contributed by atoms with E-state index in [0.29, 0.717) is 17.7 Å². The second-order valence-corrected chi connectivity index (χ2v) is 5.90. The number of hydrogen-bond donors (Lipinski definition) is 2. The molecule has 0 radical (unpaired) electrons. The van der Waals surface area contributed by atoms with Crippen molar-refractivity contribution in [3.63, 3.8) is 0 Å². The van der Waals surface area contributed by atoms with Gasteiger partial charge in [-0.25, -0.2) is 5.43 Å². The summed E-state index contributed by atoms with van der Waals surface area (Å²) in [7, 11) is 1.65. The summed E-state index contributed by atoms with van der Waals surface area (Å²) >= 11 is 0. The molecule has 2 N–H and O–H groups in total. The van der Waals surface area contributed by atoms with Crippen molar-refractivity contribution in [2.45, 2.75) is 33.1 Å². The van der Waals surface area contributed by atoms with E-state index < -0.39 is 0 Å². The molecule has 0 bridgehead atoms. The van der Waals surface area contributed by atoms with Crippen molar-refractivity contribution in [1.29, 1.82) is 0 Å². The highest BCUT2D eigenvalue weighted by molar-refractivity contribution is 6.01. The number of benzene rings is 2. The summed E-state index contributed by atoms with van der Waals surface area (Å²) in [5.41, 5.74) is 6.09. The first kappa shape index (κ1) is 18.5. The lowest BCUT2D eigenvalue weighted by atomic mass is 10.0. The SMILES string of the molecule is COc1ccc(CCCC(=O)N/N=C(\C)c2ccccc2O)c(C)c1. The van der Waals surface area contributed by atoms with E-state index in [1.165, 1.54) is 5.56 Å². The number of hydrazone groups is 1. The third kappa shape index (κ3) is 5.35. The van der Waals surface area contributed by atoms with Crippen LogP contribution in [0.5, 0.6) is 11.5 Å². The van der Waals surface area contributed by atoms with Crippen molar-refractivity contribution in [3.05, 3.63) is 59.2 Å². The molecule has 5 nitrogen and oxygen atoms in total. The van der Waals surface area contributed by atoms with Gasteiger partial charge in [-0.3, -0.25) is 4.79 Å². The number of phenols is 1. The number of carbonyl (C=O) groups is 1. The zero-order valence-corrected chi connectivity index (χ0v) is 14.9. The highest BCUT2D eigenvalue weighted by Gasteiger charge is 2.06. The average Bonchev–Trinajstić information content (AvgIpc) is 2.61. The van der Waals surface area contributed by atoms with Crippen LogP contribution in [0.3, 0.4) is 0 Å². The fraction of sp³-hybridized carbons (Fsp3) is 0.300. The summed E-state index contributed by atoms with van der Waals surface area (Å²) < 4.78 is 5.20. The van der Waals surface area contributed by atoms with Crippen LogP contribution in [0.4, 0.5) is 0 Å². The molecule has 0 saturated heterocycles. The number of phenolic OH excluding ortho intramolecular Hbond substituents is 1. The Morgan fingerprint density at radius 3 is 2.68 bits per heavy atom. The molecule has 0 atom stereocenters. The van der Waals surface area contributed by atoms with E-state index in [9.17, 15) is 9.90 Å². The van der Waals surface area contributed by atoms with Gasteiger partial charge in [0.05, 0.1) is 12.8 Å². The van der Waals surface area contributed by atoms with Crippen molar-refractivity contribution in [2.24, 2.45) is 5.10 Å². The van der Waals surface area contributed by atoms with Gasteiger partial charge in [-0.2, -0.15) is 5.10 Å². The zero-order valence-electron chi connectivity index (χ0n) is 14.9. The number of rotatable bonds is 7. The van der Waals surface area contributed by atoms with E-state index in [1.807, 2.05) is 31.2 Å². The highest BCUT2D eigenvalue weighted by atomic mass is 16.5. The van der Waals surface area contributed by atoms with Crippen molar-refractivity contribution in [3.8, 4) is 11.5 Å². The number of methoxy groups -OCH3 is 1. The van der Waals surface area contributed by atoms with Gasteiger partial charge in [0.1, 0.15) is 11.5 Å². The zero-order chi connectivity index (χ0) is 18.2. The lowest BCUT2D eigenvalue weighted by Crippen LogP contribution is -2.19. The number of nitrogens with zero attached hydrogens (tertiary/aromatic N) is 1. The maximum absolute atomic E-state index is 11.9. The molecular formula is C20H24N2O3. The van der Waals surface area contributed by atoms with Gasteiger partial charge in [0.25, 0.3) is 0 Å². The number of nitrogens with one attached hydrogen (secondary N) is 1. The summed E-state index contributed by atoms with van der Waals surface area (Å²) in [6, 6.07) is 12.9. The fourth-order valence-corrected chi connectivity index (χ4v) is 2.56. The molecule has 0 aromatic heterocycles. The number of aryl methyl sites for hydroxylation is 2. The smallest absolute Gasteiger partial charge is 0.240 e. The van der Waals surface area contributed by atoms with Crippen LogP contribution in [-0.2, 0) is 11.2 Å². The van der Waals surface area contributed by atoms with Gasteiger partial charge in [-0.1, -0.05) is 18.2 Å². The maximum atomic E-state index is 11.9. The van der Waals surface area contributed by atoms with Crippen LogP contribution >= 0.6 is 0 Å². The molecule has 0 aliphatic heterocycles. The Morgan fingerprint density at radius 1 is 1.24 bits per heavy atom. The number of carbonyl (C=O) groups excluding carboxylic acids is 1. The minimum Gasteiger partial charge on any atom is -0.507 e. The van der Waals surface area contributed by atoms with Gasteiger partial charge in [0.2, 0.25) is 5.91 Å². The van der Waals surface area contributed by atoms with Crippen molar-refractivity contribution < 1.29 is 14.6 Å². The molecule has 132 valence electrons. The van der Waals surface area contributed by atoms with E-state index in [1.54, 1.807) is 32.2 Å². The first-order valence-corrected chi connectivity index (χ1v) is 8.26. The van der Waals surface area contributed by atoms with E-state index in [4.69, 9.17) is 4.74 Å². The summed E-state index contributed by atoms with van der Waals surface area (Å²) in [5.74, 6) is 0.849. The Hall–Kier alpha value is -2.82. The quantitative estimate of drug-likeness (QED) is 0.598. The third-order valence-corrected chi connectivity index (χ3v) is 4.04. The topological polar surface area (TPSA) is 70.9 Å². The van der Waals surface area contributed by atoms with E-state index in [0.717, 1.165) is 24.2 Å². The van der Waals surface area contributed by atoms with Gasteiger partial charge < -0.3 is 9.84 Å². The number of para-hydroxylation sites is 1. The monoisotopic (exact) mass is 340 g/mol. The van der Waals surface area contributed by atoms with Crippen LogP contribution in [0.25, 0.3) is 0 Å². The van der Waals surface area contributed by atoms with Crippen LogP contribution in [0.1, 0.15) is 36.5 Å². The summed E-state index contributed by atoms with van der Waals surface area (Å²) in [5, 5.41) is 13.8. The van der Waals surface area contributed by atoms with Crippen LogP contribution in [-0.4, -0.2) is 23.8 Å². The Kier molecular flexibility index (Phi) is 6.57. The van der Waals surface area contributed by atoms with Crippen molar-refractivity contribution in [1.82, 2.24) is 5.43 Å². The van der Waals surface area contributed by atoms with E-state index in [2.05, 4.69) is 10.5 Å². The second-order valence-electron chi connectivity index (χ2n) is 5.90. The van der Waals surface area contributed by atoms with Crippen LogP contribution in [0, 0.1) is 6.92 Å². The number of hydrogen-bond acceptors (Lipinski definition) is 4. The highest BCUT2D eigenvalue weighted by Crippen LogP contribution is 2.18. The van der Waals surface area contributed by atoms with Crippen LogP contribution in [0.2, 0.25) is 0 Å². The average molecular weight is 340 g/mol. The minimum absolute atomic E-state index is 0.138. The normalized spacial score (nSPS) is 11.2. The van der Waals surface area contributed by atoms with Crippen LogP contribution in [0.15, 0.2) is 47.6 Å². The van der Waals surface area contributed by atoms with Gasteiger partial charge >= 0.3 is 0 Å². The molecule has 1 amide bonds. The summed E-state index contributed by atoms with van der Waals surface area (Å²) in [6.07, 6.45) is 1.96. The van der Waals surface area contributed by atoms with E-state index >= 15 is 0 Å². The molecule has 0 aliphatic rings. The Labute approximate surface area is 148 Å². The molecule has 25 heavy (non-hydrogen) atoms. The lowest BCUT2D eigenvalue weighted by Gasteiger charge is -2.08. The molecule has 0 fully saturated rings. The van der Waals surface area contributed by atoms with Crippen molar-refractivity contribution >= 4 is 11.6 Å². The van der Waals surface area contributed by atoms with Gasteiger partial charge in [0.15, 0.2) is 0 Å². The third-order valence-electron chi connectivity index (χ3n) is 4.04. The molecule has 0 aliphatic carbocycles.